The van der Waals surface area contributed by atoms with Crippen molar-refractivity contribution in [3.8, 4) is 11.5 Å². The summed E-state index contributed by atoms with van der Waals surface area (Å²) in [5.74, 6) is 2.24. The van der Waals surface area contributed by atoms with Crippen LogP contribution in [0.1, 0.15) is 5.56 Å². The molecule has 2 aromatic rings. The molecule has 3 N–H and O–H groups in total. The third-order valence-corrected chi connectivity index (χ3v) is 2.62. The van der Waals surface area contributed by atoms with Crippen molar-refractivity contribution in [1.82, 2.24) is 5.10 Å². The number of nitrogen functional groups attached to an aromatic ring is 1. The van der Waals surface area contributed by atoms with Crippen molar-refractivity contribution in [3.63, 3.8) is 0 Å². The number of nitrogens with one attached hydrogen (secondary N) is 1. The molecule has 0 saturated carbocycles. The van der Waals surface area contributed by atoms with E-state index < -0.39 is 0 Å². The first-order valence-electron chi connectivity index (χ1n) is 5.28. The Balaban J connectivity index is 2.29. The van der Waals surface area contributed by atoms with E-state index in [0.717, 1.165) is 17.1 Å². The van der Waals surface area contributed by atoms with Crippen molar-refractivity contribution in [1.29, 1.82) is 0 Å². The molecule has 17 heavy (non-hydrogen) atoms. The van der Waals surface area contributed by atoms with Gasteiger partial charge in [-0.25, -0.2) is 5.10 Å². The van der Waals surface area contributed by atoms with Gasteiger partial charge < -0.3 is 9.47 Å². The van der Waals surface area contributed by atoms with Crippen LogP contribution in [0.4, 0.5) is 5.82 Å². The van der Waals surface area contributed by atoms with E-state index in [1.807, 2.05) is 28.9 Å². The molecular formula is C12H16N3O2+. The summed E-state index contributed by atoms with van der Waals surface area (Å²) in [5, 5.41) is 3.04. The topological polar surface area (TPSA) is 64.2 Å². The number of hydrogen-bond acceptors (Lipinski definition) is 3. The Morgan fingerprint density at radius 3 is 2.65 bits per heavy atom. The quantitative estimate of drug-likeness (QED) is 0.774. The summed E-state index contributed by atoms with van der Waals surface area (Å²) in [5.41, 5.74) is 6.84. The number of nitrogens with zero attached hydrogens (tertiary/aromatic N) is 1. The maximum absolute atomic E-state index is 5.80. The number of aromatic amines is 1. The van der Waals surface area contributed by atoms with Gasteiger partial charge in [0.1, 0.15) is 18.0 Å². The molecule has 90 valence electrons. The molecule has 2 rings (SSSR count). The molecule has 5 heteroatoms. The molecule has 0 unspecified atom stereocenters. The van der Waals surface area contributed by atoms with Crippen LogP contribution in [0.25, 0.3) is 0 Å². The number of methoxy groups -OCH3 is 2. The van der Waals surface area contributed by atoms with Gasteiger partial charge in [-0.05, 0) is 12.1 Å². The van der Waals surface area contributed by atoms with E-state index >= 15 is 0 Å². The molecule has 0 aliphatic heterocycles. The molecule has 1 heterocycles. The first-order chi connectivity index (χ1) is 8.24. The van der Waals surface area contributed by atoms with Gasteiger partial charge in [0, 0.05) is 23.9 Å². The van der Waals surface area contributed by atoms with E-state index in [1.165, 1.54) is 0 Å². The van der Waals surface area contributed by atoms with Crippen molar-refractivity contribution in [3.05, 3.63) is 36.0 Å². The van der Waals surface area contributed by atoms with Gasteiger partial charge in [-0.3, -0.25) is 5.73 Å². The second-order valence-electron chi connectivity index (χ2n) is 3.65. The van der Waals surface area contributed by atoms with Crippen LogP contribution in [0.15, 0.2) is 30.5 Å². The Bertz CT molecular complexity index is 508. The van der Waals surface area contributed by atoms with Crippen LogP contribution in [0.2, 0.25) is 0 Å². The van der Waals surface area contributed by atoms with E-state index in [4.69, 9.17) is 15.2 Å². The van der Waals surface area contributed by atoms with Crippen LogP contribution in [0, 0.1) is 0 Å². The molecule has 5 nitrogen and oxygen atoms in total. The molecule has 0 spiro atoms. The van der Waals surface area contributed by atoms with Gasteiger partial charge in [0.2, 0.25) is 0 Å². The summed E-state index contributed by atoms with van der Waals surface area (Å²) in [7, 11) is 3.27. The maximum atomic E-state index is 5.80. The summed E-state index contributed by atoms with van der Waals surface area (Å²) < 4.78 is 12.3. The minimum atomic E-state index is 0.631. The molecule has 0 atom stereocenters. The normalized spacial score (nSPS) is 10.2. The van der Waals surface area contributed by atoms with Crippen LogP contribution in [-0.2, 0) is 6.54 Å². The summed E-state index contributed by atoms with van der Waals surface area (Å²) in [6.07, 6.45) is 1.80. The molecule has 0 saturated heterocycles. The van der Waals surface area contributed by atoms with Crippen molar-refractivity contribution in [2.75, 3.05) is 20.0 Å². The summed E-state index contributed by atoms with van der Waals surface area (Å²) in [6, 6.07) is 7.54. The van der Waals surface area contributed by atoms with Crippen molar-refractivity contribution < 1.29 is 14.2 Å². The predicted molar refractivity (Wildman–Crippen MR) is 64.0 cm³/mol. The average Bonchev–Trinajstić information content (AvgIpc) is 2.75. The minimum absolute atomic E-state index is 0.631. The standard InChI is InChI=1S/C12H15N3O2/c1-16-10-4-3-9(11(7-10)17-2)8-15-12(13)5-6-14-15/h3-7H,8H2,1-2H3,(H2,13,14)/p+1. The lowest BCUT2D eigenvalue weighted by Crippen LogP contribution is -2.38. The molecule has 0 fully saturated rings. The van der Waals surface area contributed by atoms with Crippen molar-refractivity contribution in [2.45, 2.75) is 6.54 Å². The number of anilines is 1. The van der Waals surface area contributed by atoms with Crippen molar-refractivity contribution in [2.24, 2.45) is 0 Å². The van der Waals surface area contributed by atoms with Crippen LogP contribution in [0.3, 0.4) is 0 Å². The largest absolute Gasteiger partial charge is 0.497 e. The average molecular weight is 234 g/mol. The lowest BCUT2D eigenvalue weighted by atomic mass is 10.2. The Morgan fingerprint density at radius 2 is 2.06 bits per heavy atom. The first kappa shape index (κ1) is 11.3. The van der Waals surface area contributed by atoms with Crippen molar-refractivity contribution >= 4 is 5.82 Å². The Morgan fingerprint density at radius 1 is 1.24 bits per heavy atom. The number of benzene rings is 1. The van der Waals surface area contributed by atoms with Gasteiger partial charge >= 0.3 is 0 Å². The number of ether oxygens (including phenoxy) is 2. The lowest BCUT2D eigenvalue weighted by molar-refractivity contribution is -0.728. The molecule has 0 radical (unpaired) electrons. The molecular weight excluding hydrogens is 218 g/mol. The molecule has 0 aliphatic carbocycles. The van der Waals surface area contributed by atoms with Gasteiger partial charge in [0.25, 0.3) is 5.82 Å². The van der Waals surface area contributed by atoms with Gasteiger partial charge in [-0.2, -0.15) is 4.68 Å². The van der Waals surface area contributed by atoms with Gasteiger partial charge in [0.15, 0.2) is 0 Å². The molecule has 0 amide bonds. The van der Waals surface area contributed by atoms with Crippen LogP contribution < -0.4 is 19.9 Å². The zero-order valence-corrected chi connectivity index (χ0v) is 9.93. The number of aromatic nitrogens is 2. The number of H-pyrrole nitrogens is 1. The lowest BCUT2D eigenvalue weighted by Gasteiger charge is -2.08. The molecule has 1 aromatic carbocycles. The van der Waals surface area contributed by atoms with Gasteiger partial charge in [-0.1, -0.05) is 0 Å². The highest BCUT2D eigenvalue weighted by Crippen LogP contribution is 2.24. The van der Waals surface area contributed by atoms with Gasteiger partial charge in [0.05, 0.1) is 14.2 Å². The highest BCUT2D eigenvalue weighted by molar-refractivity contribution is 5.40. The fraction of sp³-hybridized carbons (Fsp3) is 0.250. The Labute approximate surface area is 99.8 Å². The van der Waals surface area contributed by atoms with E-state index in [0.29, 0.717) is 12.4 Å². The number of nitrogens with two attached hydrogens (primary N) is 1. The summed E-state index contributed by atoms with van der Waals surface area (Å²) in [4.78, 5) is 0. The Hall–Kier alpha value is -2.17. The monoisotopic (exact) mass is 234 g/mol. The third-order valence-electron chi connectivity index (χ3n) is 2.62. The fourth-order valence-electron chi connectivity index (χ4n) is 1.67. The van der Waals surface area contributed by atoms with Crippen LogP contribution in [0.5, 0.6) is 11.5 Å². The minimum Gasteiger partial charge on any atom is -0.497 e. The van der Waals surface area contributed by atoms with E-state index in [9.17, 15) is 0 Å². The highest BCUT2D eigenvalue weighted by Gasteiger charge is 2.11. The SMILES string of the molecule is COc1ccc(C[n+]2[nH]ccc2N)c(OC)c1. The van der Waals surface area contributed by atoms with Crippen LogP contribution >= 0.6 is 0 Å². The second kappa shape index (κ2) is 4.78. The van der Waals surface area contributed by atoms with Gasteiger partial charge in [-0.15, -0.1) is 0 Å². The smallest absolute Gasteiger partial charge is 0.292 e. The molecule has 0 aliphatic rings. The summed E-state index contributed by atoms with van der Waals surface area (Å²) in [6.45, 7) is 0.631. The van der Waals surface area contributed by atoms with Crippen LogP contribution in [-0.4, -0.2) is 19.3 Å². The first-order valence-corrected chi connectivity index (χ1v) is 5.28. The molecule has 1 aromatic heterocycles. The predicted octanol–water partition coefficient (Wildman–Crippen LogP) is 0.950. The zero-order chi connectivity index (χ0) is 12.3. The van der Waals surface area contributed by atoms with E-state index in [2.05, 4.69) is 5.10 Å². The molecule has 0 bridgehead atoms. The number of rotatable bonds is 4. The number of hydrogen-bond donors (Lipinski definition) is 2. The van der Waals surface area contributed by atoms with E-state index in [1.54, 1.807) is 20.4 Å². The van der Waals surface area contributed by atoms with E-state index in [-0.39, 0.29) is 0 Å². The highest BCUT2D eigenvalue weighted by atomic mass is 16.5. The second-order valence-corrected chi connectivity index (χ2v) is 3.65. The zero-order valence-electron chi connectivity index (χ0n) is 9.93. The third kappa shape index (κ3) is 2.33. The summed E-state index contributed by atoms with van der Waals surface area (Å²) >= 11 is 0. The Kier molecular flexibility index (Phi) is 3.18. The fourth-order valence-corrected chi connectivity index (χ4v) is 1.67. The maximum Gasteiger partial charge on any atom is 0.292 e.